The van der Waals surface area contributed by atoms with Crippen LogP contribution in [0, 0.1) is 5.82 Å². The lowest BCUT2D eigenvalue weighted by Gasteiger charge is -2.09. The van der Waals surface area contributed by atoms with Crippen LogP contribution in [0.15, 0.2) is 35.3 Å². The molecule has 0 aliphatic rings. The van der Waals surface area contributed by atoms with Crippen LogP contribution < -0.4 is 5.69 Å². The van der Waals surface area contributed by atoms with Gasteiger partial charge in [0.2, 0.25) is 0 Å². The molecule has 1 N–H and O–H groups in total. The van der Waals surface area contributed by atoms with Crippen LogP contribution in [-0.4, -0.2) is 27.6 Å². The number of alkyl halides is 3. The highest BCUT2D eigenvalue weighted by Crippen LogP contribution is 2.30. The molecule has 0 fully saturated rings. The minimum Gasteiger partial charge on any atom is -0.465 e. The van der Waals surface area contributed by atoms with Gasteiger partial charge in [-0.25, -0.2) is 23.5 Å². The van der Waals surface area contributed by atoms with Gasteiger partial charge in [-0.1, -0.05) is 0 Å². The van der Waals surface area contributed by atoms with Crippen LogP contribution >= 0.6 is 0 Å². The number of aromatic amines is 1. The average molecular weight is 355 g/mol. The number of esters is 1. The molecule has 3 rings (SSSR count). The van der Waals surface area contributed by atoms with E-state index < -0.39 is 35.0 Å². The highest BCUT2D eigenvalue weighted by molar-refractivity contribution is 5.93. The number of pyridine rings is 1. The highest BCUT2D eigenvalue weighted by atomic mass is 19.4. The third kappa shape index (κ3) is 2.86. The molecule has 2 heterocycles. The van der Waals surface area contributed by atoms with Crippen LogP contribution in [-0.2, 0) is 10.9 Å². The highest BCUT2D eigenvalue weighted by Gasteiger charge is 2.32. The second-order valence-corrected chi connectivity index (χ2v) is 5.02. The summed E-state index contributed by atoms with van der Waals surface area (Å²) in [6.45, 7) is 0. The van der Waals surface area contributed by atoms with Crippen molar-refractivity contribution in [3.8, 4) is 5.82 Å². The van der Waals surface area contributed by atoms with Crippen molar-refractivity contribution in [3.05, 3.63) is 57.9 Å². The molecule has 0 saturated heterocycles. The van der Waals surface area contributed by atoms with E-state index in [0.29, 0.717) is 6.20 Å². The van der Waals surface area contributed by atoms with Gasteiger partial charge in [0.05, 0.1) is 29.3 Å². The van der Waals surface area contributed by atoms with Gasteiger partial charge >= 0.3 is 17.8 Å². The van der Waals surface area contributed by atoms with Crippen molar-refractivity contribution in [1.29, 1.82) is 0 Å². The number of aromatic nitrogens is 3. The van der Waals surface area contributed by atoms with E-state index in [2.05, 4.69) is 14.7 Å². The molecule has 0 aliphatic carbocycles. The molecule has 0 bridgehead atoms. The number of ether oxygens (including phenoxy) is 1. The second-order valence-electron chi connectivity index (χ2n) is 5.02. The number of methoxy groups -OCH3 is 1. The number of benzene rings is 1. The predicted molar refractivity (Wildman–Crippen MR) is 78.0 cm³/mol. The van der Waals surface area contributed by atoms with Crippen LogP contribution in [0.5, 0.6) is 0 Å². The zero-order valence-electron chi connectivity index (χ0n) is 12.5. The van der Waals surface area contributed by atoms with Gasteiger partial charge < -0.3 is 9.72 Å². The Morgan fingerprint density at radius 2 is 2.00 bits per heavy atom. The Morgan fingerprint density at radius 1 is 1.28 bits per heavy atom. The summed E-state index contributed by atoms with van der Waals surface area (Å²) in [5.41, 5.74) is -1.70. The molecule has 1 aromatic carbocycles. The van der Waals surface area contributed by atoms with Crippen LogP contribution in [0.1, 0.15) is 15.9 Å². The Morgan fingerprint density at radius 3 is 2.60 bits per heavy atom. The third-order valence-electron chi connectivity index (χ3n) is 3.47. The van der Waals surface area contributed by atoms with E-state index in [1.54, 1.807) is 0 Å². The lowest BCUT2D eigenvalue weighted by atomic mass is 10.2. The molecule has 0 atom stereocenters. The number of nitrogens with zero attached hydrogens (tertiary/aromatic N) is 2. The number of hydrogen-bond donors (Lipinski definition) is 1. The molecular weight excluding hydrogens is 346 g/mol. The summed E-state index contributed by atoms with van der Waals surface area (Å²) in [6, 6.07) is 4.27. The second kappa shape index (κ2) is 5.72. The van der Waals surface area contributed by atoms with Crippen molar-refractivity contribution in [3.63, 3.8) is 0 Å². The first-order valence-electron chi connectivity index (χ1n) is 6.78. The van der Waals surface area contributed by atoms with Crippen molar-refractivity contribution in [2.45, 2.75) is 6.18 Å². The minimum atomic E-state index is -4.77. The lowest BCUT2D eigenvalue weighted by molar-refractivity contribution is -0.138. The van der Waals surface area contributed by atoms with Crippen LogP contribution in [0.3, 0.4) is 0 Å². The van der Waals surface area contributed by atoms with E-state index in [9.17, 15) is 27.2 Å². The van der Waals surface area contributed by atoms with Gasteiger partial charge in [0.1, 0.15) is 0 Å². The fraction of sp³-hybridized carbons (Fsp3) is 0.133. The molecule has 0 radical (unpaired) electrons. The molecule has 130 valence electrons. The quantitative estimate of drug-likeness (QED) is 0.566. The Labute approximate surface area is 136 Å². The Hall–Kier alpha value is -3.17. The van der Waals surface area contributed by atoms with Crippen LogP contribution in [0.4, 0.5) is 17.6 Å². The van der Waals surface area contributed by atoms with Gasteiger partial charge in [-0.2, -0.15) is 13.2 Å². The molecule has 0 unspecified atom stereocenters. The van der Waals surface area contributed by atoms with E-state index >= 15 is 0 Å². The number of nitrogens with one attached hydrogen (secondary N) is 1. The lowest BCUT2D eigenvalue weighted by Crippen LogP contribution is -2.18. The summed E-state index contributed by atoms with van der Waals surface area (Å²) in [5.74, 6) is -2.64. The molecule has 0 saturated carbocycles. The molecule has 6 nitrogen and oxygen atoms in total. The number of carbonyl (C=O) groups is 1. The fourth-order valence-corrected chi connectivity index (χ4v) is 2.31. The summed E-state index contributed by atoms with van der Waals surface area (Å²) in [5, 5.41) is 0. The number of H-pyrrole nitrogens is 1. The Balaban J connectivity index is 2.23. The van der Waals surface area contributed by atoms with Gasteiger partial charge in [0.15, 0.2) is 11.6 Å². The molecule has 0 aliphatic heterocycles. The fourth-order valence-electron chi connectivity index (χ4n) is 2.31. The third-order valence-corrected chi connectivity index (χ3v) is 3.47. The SMILES string of the molecule is COC(=O)c1ccc2[nH]c(=O)n(-c3ncc(C(F)(F)F)cc3F)c2c1. The number of halogens is 4. The first-order valence-corrected chi connectivity index (χ1v) is 6.78. The van der Waals surface area contributed by atoms with Gasteiger partial charge in [-0.15, -0.1) is 0 Å². The van der Waals surface area contributed by atoms with Gasteiger partial charge in [-0.3, -0.25) is 0 Å². The molecule has 10 heteroatoms. The van der Waals surface area contributed by atoms with Gasteiger partial charge in [0.25, 0.3) is 0 Å². The van der Waals surface area contributed by atoms with Crippen molar-refractivity contribution < 1.29 is 27.1 Å². The summed E-state index contributed by atoms with van der Waals surface area (Å²) in [7, 11) is 1.16. The predicted octanol–water partition coefficient (Wildman–Crippen LogP) is 2.66. The molecule has 3 aromatic rings. The maximum Gasteiger partial charge on any atom is 0.417 e. The largest absolute Gasteiger partial charge is 0.465 e. The number of carbonyl (C=O) groups excluding carboxylic acids is 1. The molecule has 0 spiro atoms. The normalized spacial score (nSPS) is 11.7. The summed E-state index contributed by atoms with van der Waals surface area (Å²) in [4.78, 5) is 29.5. The zero-order valence-corrected chi connectivity index (χ0v) is 12.5. The summed E-state index contributed by atoms with van der Waals surface area (Å²) in [6.07, 6.45) is -4.34. The first-order chi connectivity index (χ1) is 11.7. The van der Waals surface area contributed by atoms with Crippen LogP contribution in [0.2, 0.25) is 0 Å². The van der Waals surface area contributed by atoms with Crippen molar-refractivity contribution in [2.75, 3.05) is 7.11 Å². The molecule has 25 heavy (non-hydrogen) atoms. The molecule has 2 aromatic heterocycles. The van der Waals surface area contributed by atoms with E-state index in [-0.39, 0.29) is 22.7 Å². The number of rotatable bonds is 2. The first kappa shape index (κ1) is 16.7. The number of hydrogen-bond acceptors (Lipinski definition) is 4. The van der Waals surface area contributed by atoms with E-state index in [4.69, 9.17) is 0 Å². The smallest absolute Gasteiger partial charge is 0.417 e. The van der Waals surface area contributed by atoms with Gasteiger partial charge in [0, 0.05) is 6.20 Å². The Bertz CT molecular complexity index is 1040. The summed E-state index contributed by atoms with van der Waals surface area (Å²) < 4.78 is 57.3. The maximum absolute atomic E-state index is 14.1. The molecule has 0 amide bonds. The average Bonchev–Trinajstić information content (AvgIpc) is 2.88. The van der Waals surface area contributed by atoms with Crippen molar-refractivity contribution in [1.82, 2.24) is 14.5 Å². The maximum atomic E-state index is 14.1. The standard InChI is InChI=1S/C15H9F4N3O3/c1-25-13(23)7-2-3-10-11(4-7)22(14(24)21-10)12-9(16)5-8(6-20-12)15(17,18)19/h2-6H,1H3,(H,21,24). The minimum absolute atomic E-state index is 0.0686. The number of fused-ring (bicyclic) bond motifs is 1. The Kier molecular flexibility index (Phi) is 3.82. The monoisotopic (exact) mass is 355 g/mol. The molecular formula is C15H9F4N3O3. The van der Waals surface area contributed by atoms with Crippen molar-refractivity contribution >= 4 is 17.0 Å². The number of imidazole rings is 1. The summed E-state index contributed by atoms with van der Waals surface area (Å²) >= 11 is 0. The van der Waals surface area contributed by atoms with Gasteiger partial charge in [-0.05, 0) is 24.3 Å². The van der Waals surface area contributed by atoms with E-state index in [0.717, 1.165) is 11.7 Å². The topological polar surface area (TPSA) is 77.0 Å². The van der Waals surface area contributed by atoms with E-state index in [1.807, 2.05) is 0 Å². The van der Waals surface area contributed by atoms with Crippen molar-refractivity contribution in [2.24, 2.45) is 0 Å². The van der Waals surface area contributed by atoms with E-state index in [1.165, 1.54) is 18.2 Å². The van der Waals surface area contributed by atoms with Crippen LogP contribution in [0.25, 0.3) is 16.9 Å². The zero-order chi connectivity index (χ0) is 18.4.